The van der Waals surface area contributed by atoms with Crippen molar-refractivity contribution in [3.05, 3.63) is 47.8 Å². The smallest absolute Gasteiger partial charge is 0.321 e. The van der Waals surface area contributed by atoms with Crippen molar-refractivity contribution in [1.29, 1.82) is 0 Å². The van der Waals surface area contributed by atoms with Crippen LogP contribution in [0.3, 0.4) is 0 Å². The van der Waals surface area contributed by atoms with Crippen LogP contribution in [0.4, 0.5) is 15.0 Å². The number of nitrogens with one attached hydrogen (secondary N) is 2. The summed E-state index contributed by atoms with van der Waals surface area (Å²) in [5.41, 5.74) is 0.612. The molecule has 3 rings (SSSR count). The van der Waals surface area contributed by atoms with Crippen molar-refractivity contribution >= 4 is 11.8 Å². The molecule has 0 saturated carbocycles. The maximum absolute atomic E-state index is 12.9. The Morgan fingerprint density at radius 2 is 1.96 bits per heavy atom. The monoisotopic (exact) mass is 331 g/mol. The van der Waals surface area contributed by atoms with Gasteiger partial charge < -0.3 is 14.4 Å². The number of nitrogens with zero attached hydrogens (tertiary/aromatic N) is 3. The molecule has 0 aliphatic carbocycles. The molecule has 2 N–H and O–H groups in total. The van der Waals surface area contributed by atoms with Crippen LogP contribution in [0.1, 0.15) is 24.6 Å². The van der Waals surface area contributed by atoms with Gasteiger partial charge in [0.25, 0.3) is 0 Å². The number of urea groups is 1. The molecule has 9 heteroatoms. The second-order valence-corrected chi connectivity index (χ2v) is 5.11. The van der Waals surface area contributed by atoms with Crippen molar-refractivity contribution in [3.63, 3.8) is 0 Å². The number of amides is 2. The zero-order valence-electron chi connectivity index (χ0n) is 12.9. The summed E-state index contributed by atoms with van der Waals surface area (Å²) in [6.07, 6.45) is 0. The molecule has 0 fully saturated rings. The van der Waals surface area contributed by atoms with Gasteiger partial charge in [-0.25, -0.2) is 9.18 Å². The second-order valence-electron chi connectivity index (χ2n) is 5.11. The minimum Gasteiger partial charge on any atom is -0.360 e. The highest BCUT2D eigenvalue weighted by Crippen LogP contribution is 2.19. The Morgan fingerprint density at radius 1 is 1.21 bits per heavy atom. The van der Waals surface area contributed by atoms with Crippen molar-refractivity contribution in [2.24, 2.45) is 0 Å². The van der Waals surface area contributed by atoms with Crippen molar-refractivity contribution in [1.82, 2.24) is 20.6 Å². The maximum atomic E-state index is 12.9. The third-order valence-electron chi connectivity index (χ3n) is 3.13. The lowest BCUT2D eigenvalue weighted by molar-refractivity contribution is 0.245. The molecule has 0 spiro atoms. The molecule has 1 aromatic carbocycles. The summed E-state index contributed by atoms with van der Waals surface area (Å²) in [7, 11) is 0. The molecular weight excluding hydrogens is 317 g/mol. The third kappa shape index (κ3) is 3.57. The van der Waals surface area contributed by atoms with Crippen molar-refractivity contribution in [2.45, 2.75) is 19.9 Å². The van der Waals surface area contributed by atoms with Gasteiger partial charge in [-0.2, -0.15) is 4.98 Å². The van der Waals surface area contributed by atoms with Gasteiger partial charge in [-0.3, -0.25) is 5.32 Å². The molecular formula is C15H14FN5O3. The molecule has 24 heavy (non-hydrogen) atoms. The Bertz CT molecular complexity index is 843. The number of rotatable bonds is 4. The number of aromatic nitrogens is 3. The van der Waals surface area contributed by atoms with Gasteiger partial charge in [0.2, 0.25) is 11.7 Å². The Labute approximate surface area is 136 Å². The fraction of sp³-hybridized carbons (Fsp3) is 0.200. The Hall–Kier alpha value is -3.23. The molecule has 0 radical (unpaired) electrons. The van der Waals surface area contributed by atoms with Crippen LogP contribution in [0.25, 0.3) is 11.4 Å². The molecule has 0 aliphatic rings. The summed E-state index contributed by atoms with van der Waals surface area (Å²) in [5, 5.41) is 12.6. The average Bonchev–Trinajstić information content (AvgIpc) is 3.17. The van der Waals surface area contributed by atoms with Crippen LogP contribution in [0.2, 0.25) is 0 Å². The van der Waals surface area contributed by atoms with Gasteiger partial charge in [-0.15, -0.1) is 0 Å². The summed E-state index contributed by atoms with van der Waals surface area (Å²) >= 11 is 0. The number of anilines is 1. The van der Waals surface area contributed by atoms with Gasteiger partial charge >= 0.3 is 6.03 Å². The van der Waals surface area contributed by atoms with E-state index in [1.54, 1.807) is 32.0 Å². The van der Waals surface area contributed by atoms with E-state index in [-0.39, 0.29) is 11.7 Å². The number of carbonyl (C=O) groups is 1. The van der Waals surface area contributed by atoms with Crippen LogP contribution < -0.4 is 10.6 Å². The average molecular weight is 331 g/mol. The van der Waals surface area contributed by atoms with Gasteiger partial charge in [0, 0.05) is 11.6 Å². The number of hydrogen-bond donors (Lipinski definition) is 2. The van der Waals surface area contributed by atoms with Gasteiger partial charge in [0.1, 0.15) is 17.6 Å². The highest BCUT2D eigenvalue weighted by molar-refractivity contribution is 5.88. The topological polar surface area (TPSA) is 106 Å². The molecule has 1 atom stereocenters. The summed E-state index contributed by atoms with van der Waals surface area (Å²) in [5.74, 6) is 1.07. The maximum Gasteiger partial charge on any atom is 0.321 e. The summed E-state index contributed by atoms with van der Waals surface area (Å²) in [4.78, 5) is 16.1. The van der Waals surface area contributed by atoms with Crippen molar-refractivity contribution < 1.29 is 18.2 Å². The summed E-state index contributed by atoms with van der Waals surface area (Å²) in [6.45, 7) is 3.41. The first kappa shape index (κ1) is 15.7. The normalized spacial score (nSPS) is 12.0. The molecule has 2 heterocycles. The summed E-state index contributed by atoms with van der Waals surface area (Å²) < 4.78 is 22.9. The molecule has 0 saturated heterocycles. The molecule has 124 valence electrons. The first-order valence-electron chi connectivity index (χ1n) is 7.11. The van der Waals surface area contributed by atoms with Crippen LogP contribution in [0.15, 0.2) is 39.4 Å². The van der Waals surface area contributed by atoms with Gasteiger partial charge in [0.05, 0.1) is 0 Å². The summed E-state index contributed by atoms with van der Waals surface area (Å²) in [6, 6.07) is 6.27. The fourth-order valence-corrected chi connectivity index (χ4v) is 1.96. The number of benzene rings is 1. The van der Waals surface area contributed by atoms with Gasteiger partial charge in [-0.1, -0.05) is 10.3 Å². The van der Waals surface area contributed by atoms with Crippen LogP contribution in [-0.2, 0) is 0 Å². The Morgan fingerprint density at radius 3 is 2.62 bits per heavy atom. The van der Waals surface area contributed by atoms with Crippen molar-refractivity contribution in [3.8, 4) is 11.4 Å². The first-order chi connectivity index (χ1) is 11.5. The van der Waals surface area contributed by atoms with E-state index in [1.807, 2.05) is 0 Å². The van der Waals surface area contributed by atoms with E-state index in [0.29, 0.717) is 23.0 Å². The number of carbonyl (C=O) groups excluding carboxylic acids is 1. The first-order valence-corrected chi connectivity index (χ1v) is 7.11. The number of hydrogen-bond acceptors (Lipinski definition) is 6. The fourth-order valence-electron chi connectivity index (χ4n) is 1.96. The van der Waals surface area contributed by atoms with E-state index < -0.39 is 12.1 Å². The van der Waals surface area contributed by atoms with Crippen LogP contribution in [-0.4, -0.2) is 21.3 Å². The molecule has 1 unspecified atom stereocenters. The van der Waals surface area contributed by atoms with Crippen LogP contribution in [0, 0.1) is 12.7 Å². The highest BCUT2D eigenvalue weighted by atomic mass is 19.1. The standard InChI is InChI=1S/C15H14FN5O3/c1-8-7-12(20-23-8)18-15(22)17-9(2)14-19-13(21-24-14)10-3-5-11(16)6-4-10/h3-7,9H,1-2H3,(H2,17,18,20,22). The quantitative estimate of drug-likeness (QED) is 0.761. The minimum atomic E-state index is -0.528. The van der Waals surface area contributed by atoms with E-state index in [1.165, 1.54) is 12.1 Å². The van der Waals surface area contributed by atoms with E-state index >= 15 is 0 Å². The largest absolute Gasteiger partial charge is 0.360 e. The molecule has 8 nitrogen and oxygen atoms in total. The SMILES string of the molecule is Cc1cc(NC(=O)NC(C)c2nc(-c3ccc(F)cc3)no2)no1. The third-order valence-corrected chi connectivity index (χ3v) is 3.13. The molecule has 2 amide bonds. The zero-order valence-corrected chi connectivity index (χ0v) is 12.9. The lowest BCUT2D eigenvalue weighted by Gasteiger charge is -2.09. The molecule has 3 aromatic rings. The van der Waals surface area contributed by atoms with E-state index in [4.69, 9.17) is 9.05 Å². The molecule has 0 aliphatic heterocycles. The highest BCUT2D eigenvalue weighted by Gasteiger charge is 2.18. The van der Waals surface area contributed by atoms with E-state index in [0.717, 1.165) is 0 Å². The lowest BCUT2D eigenvalue weighted by atomic mass is 10.2. The predicted molar refractivity (Wildman–Crippen MR) is 81.5 cm³/mol. The van der Waals surface area contributed by atoms with Crippen molar-refractivity contribution in [2.75, 3.05) is 5.32 Å². The molecule has 2 aromatic heterocycles. The Balaban J connectivity index is 1.64. The van der Waals surface area contributed by atoms with Gasteiger partial charge in [0.15, 0.2) is 5.82 Å². The van der Waals surface area contributed by atoms with Crippen LogP contribution in [0.5, 0.6) is 0 Å². The van der Waals surface area contributed by atoms with E-state index in [9.17, 15) is 9.18 Å². The van der Waals surface area contributed by atoms with E-state index in [2.05, 4.69) is 25.9 Å². The minimum absolute atomic E-state index is 0.223. The second kappa shape index (κ2) is 6.49. The zero-order chi connectivity index (χ0) is 17.1. The number of halogens is 1. The Kier molecular flexibility index (Phi) is 4.23. The number of aryl methyl sites for hydroxylation is 1. The molecule has 0 bridgehead atoms. The lowest BCUT2D eigenvalue weighted by Crippen LogP contribution is -2.31. The van der Waals surface area contributed by atoms with Gasteiger partial charge in [-0.05, 0) is 38.1 Å². The predicted octanol–water partition coefficient (Wildman–Crippen LogP) is 3.05. The van der Waals surface area contributed by atoms with Crippen LogP contribution >= 0.6 is 0 Å².